The molecule has 2 rings (SSSR count). The van der Waals surface area contributed by atoms with Gasteiger partial charge in [-0.3, -0.25) is 4.79 Å². The van der Waals surface area contributed by atoms with Gasteiger partial charge in [-0.25, -0.2) is 0 Å². The Kier molecular flexibility index (Phi) is 4.26. The number of benzene rings is 1. The number of ketones is 1. The average Bonchev–Trinajstić information content (AvgIpc) is 2.79. The molecule has 1 heterocycles. The lowest BCUT2D eigenvalue weighted by atomic mass is 9.94. The molecule has 19 heavy (non-hydrogen) atoms. The normalized spacial score (nSPS) is 11.9. The Bertz CT molecular complexity index is 652. The summed E-state index contributed by atoms with van der Waals surface area (Å²) >= 11 is 13.4. The minimum atomic E-state index is -0.974. The molecule has 0 fully saturated rings. The van der Waals surface area contributed by atoms with Crippen molar-refractivity contribution >= 4 is 40.3 Å². The van der Waals surface area contributed by atoms with E-state index in [-0.39, 0.29) is 5.78 Å². The summed E-state index contributed by atoms with van der Waals surface area (Å²) in [5.41, 5.74) is 1.24. The van der Waals surface area contributed by atoms with Crippen LogP contribution in [-0.4, -0.2) is 5.78 Å². The Balaban J connectivity index is 2.50. The highest BCUT2D eigenvalue weighted by atomic mass is 35.5. The highest BCUT2D eigenvalue weighted by Crippen LogP contribution is 2.34. The second kappa shape index (κ2) is 5.75. The van der Waals surface area contributed by atoms with E-state index in [0.29, 0.717) is 20.5 Å². The number of halogens is 2. The minimum absolute atomic E-state index is 0.259. The lowest BCUT2D eigenvalue weighted by molar-refractivity contribution is 0.0982. The summed E-state index contributed by atoms with van der Waals surface area (Å²) in [4.78, 5) is 13.0. The fourth-order valence-electron chi connectivity index (χ4n) is 1.80. The van der Waals surface area contributed by atoms with Crippen molar-refractivity contribution in [3.63, 3.8) is 0 Å². The van der Waals surface area contributed by atoms with Crippen molar-refractivity contribution in [2.24, 2.45) is 0 Å². The van der Waals surface area contributed by atoms with Crippen LogP contribution in [0.4, 0.5) is 0 Å². The van der Waals surface area contributed by atoms with Gasteiger partial charge in [0, 0.05) is 15.6 Å². The first-order valence-corrected chi connectivity index (χ1v) is 7.11. The van der Waals surface area contributed by atoms with E-state index in [4.69, 9.17) is 23.2 Å². The molecule has 2 nitrogen and oxygen atoms in total. The summed E-state index contributed by atoms with van der Waals surface area (Å²) in [6.07, 6.45) is 0. The van der Waals surface area contributed by atoms with Gasteiger partial charge in [0.15, 0.2) is 5.78 Å². The molecular formula is C14H9Cl2NOS. The van der Waals surface area contributed by atoms with Crippen molar-refractivity contribution in [3.05, 3.63) is 55.7 Å². The maximum absolute atomic E-state index is 12.4. The summed E-state index contributed by atoms with van der Waals surface area (Å²) in [7, 11) is 0. The van der Waals surface area contributed by atoms with Gasteiger partial charge in [-0.05, 0) is 36.1 Å². The summed E-state index contributed by atoms with van der Waals surface area (Å²) in [6.45, 7) is 1.84. The second-order valence-corrected chi connectivity index (χ2v) is 5.72. The van der Waals surface area contributed by atoms with E-state index in [0.717, 1.165) is 5.56 Å². The number of thiophene rings is 1. The Labute approximate surface area is 125 Å². The van der Waals surface area contributed by atoms with Gasteiger partial charge in [0.1, 0.15) is 5.92 Å². The molecule has 1 aromatic heterocycles. The van der Waals surface area contributed by atoms with E-state index in [9.17, 15) is 10.1 Å². The van der Waals surface area contributed by atoms with E-state index in [1.807, 2.05) is 24.4 Å². The highest BCUT2D eigenvalue weighted by molar-refractivity contribution is 7.12. The second-order valence-electron chi connectivity index (χ2n) is 3.99. The molecule has 1 aromatic carbocycles. The Morgan fingerprint density at radius 3 is 2.42 bits per heavy atom. The fourth-order valence-corrected chi connectivity index (χ4v) is 3.31. The lowest BCUT2D eigenvalue weighted by Gasteiger charge is -2.11. The number of rotatable bonds is 3. The van der Waals surface area contributed by atoms with Crippen LogP contribution < -0.4 is 0 Å². The topological polar surface area (TPSA) is 40.9 Å². The van der Waals surface area contributed by atoms with Crippen LogP contribution >= 0.6 is 34.5 Å². The smallest absolute Gasteiger partial charge is 0.194 e. The summed E-state index contributed by atoms with van der Waals surface area (Å²) in [5.74, 6) is -1.23. The van der Waals surface area contributed by atoms with Crippen LogP contribution in [0.2, 0.25) is 10.0 Å². The quantitative estimate of drug-likeness (QED) is 0.760. The van der Waals surface area contributed by atoms with Crippen LogP contribution in [0.25, 0.3) is 0 Å². The Morgan fingerprint density at radius 1 is 1.32 bits per heavy atom. The number of aryl methyl sites for hydroxylation is 1. The molecule has 5 heteroatoms. The van der Waals surface area contributed by atoms with Crippen LogP contribution in [0.15, 0.2) is 29.6 Å². The molecule has 0 radical (unpaired) electrons. The van der Waals surface area contributed by atoms with Crippen molar-refractivity contribution in [3.8, 4) is 6.07 Å². The zero-order chi connectivity index (χ0) is 14.0. The molecule has 96 valence electrons. The molecule has 0 aliphatic carbocycles. The molecule has 1 atom stereocenters. The van der Waals surface area contributed by atoms with E-state index >= 15 is 0 Å². The zero-order valence-corrected chi connectivity index (χ0v) is 12.3. The number of hydrogen-bond donors (Lipinski definition) is 0. The molecule has 0 saturated carbocycles. The molecule has 0 bridgehead atoms. The highest BCUT2D eigenvalue weighted by Gasteiger charge is 2.27. The van der Waals surface area contributed by atoms with Gasteiger partial charge in [-0.2, -0.15) is 5.26 Å². The maximum Gasteiger partial charge on any atom is 0.194 e. The first kappa shape index (κ1) is 14.1. The van der Waals surface area contributed by atoms with E-state index in [1.165, 1.54) is 11.3 Å². The van der Waals surface area contributed by atoms with Crippen LogP contribution in [0.5, 0.6) is 0 Å². The predicted octanol–water partition coefficient (Wildman–Crippen LogP) is 4.85. The van der Waals surface area contributed by atoms with Crippen LogP contribution in [0.1, 0.15) is 26.7 Å². The molecule has 0 N–H and O–H groups in total. The number of Topliss-reactive ketones (excluding diaryl/α,β-unsaturated/α-hetero) is 1. The number of hydrogen-bond acceptors (Lipinski definition) is 3. The van der Waals surface area contributed by atoms with Crippen LogP contribution in [0.3, 0.4) is 0 Å². The van der Waals surface area contributed by atoms with Crippen molar-refractivity contribution in [2.45, 2.75) is 12.8 Å². The number of nitrogens with zero attached hydrogens (tertiary/aromatic N) is 1. The third kappa shape index (κ3) is 2.66. The number of carbonyl (C=O) groups is 1. The van der Waals surface area contributed by atoms with Gasteiger partial charge in [-0.15, -0.1) is 11.3 Å². The van der Waals surface area contributed by atoms with Gasteiger partial charge < -0.3 is 0 Å². The SMILES string of the molecule is Cc1ccsc1C(=O)C(C#N)c1c(Cl)cccc1Cl. The molecule has 0 amide bonds. The fraction of sp³-hybridized carbons (Fsp3) is 0.143. The monoisotopic (exact) mass is 309 g/mol. The van der Waals surface area contributed by atoms with Crippen molar-refractivity contribution in [2.75, 3.05) is 0 Å². The van der Waals surface area contributed by atoms with Crippen molar-refractivity contribution in [1.29, 1.82) is 5.26 Å². The summed E-state index contributed by atoms with van der Waals surface area (Å²) < 4.78 is 0. The molecule has 1 unspecified atom stereocenters. The molecule has 0 aliphatic rings. The third-order valence-electron chi connectivity index (χ3n) is 2.77. The number of carbonyl (C=O) groups excluding carboxylic acids is 1. The molecular weight excluding hydrogens is 301 g/mol. The van der Waals surface area contributed by atoms with Crippen LogP contribution in [-0.2, 0) is 0 Å². The van der Waals surface area contributed by atoms with Crippen molar-refractivity contribution < 1.29 is 4.79 Å². The molecule has 2 aromatic rings. The average molecular weight is 310 g/mol. The molecule has 0 saturated heterocycles. The van der Waals surface area contributed by atoms with E-state index in [2.05, 4.69) is 0 Å². The zero-order valence-electron chi connectivity index (χ0n) is 9.98. The van der Waals surface area contributed by atoms with Gasteiger partial charge in [0.05, 0.1) is 10.9 Å². The largest absolute Gasteiger partial charge is 0.291 e. The Morgan fingerprint density at radius 2 is 1.95 bits per heavy atom. The van der Waals surface area contributed by atoms with Gasteiger partial charge in [0.2, 0.25) is 0 Å². The maximum atomic E-state index is 12.4. The standard InChI is InChI=1S/C14H9Cl2NOS/c1-8-5-6-19-14(8)13(18)9(7-17)12-10(15)3-2-4-11(12)16/h2-6,9H,1H3. The lowest BCUT2D eigenvalue weighted by Crippen LogP contribution is -2.12. The summed E-state index contributed by atoms with van der Waals surface area (Å²) in [5, 5.41) is 11.8. The third-order valence-corrected chi connectivity index (χ3v) is 4.46. The van der Waals surface area contributed by atoms with Crippen LogP contribution in [0, 0.1) is 18.3 Å². The van der Waals surface area contributed by atoms with E-state index < -0.39 is 5.92 Å². The molecule has 0 aliphatic heterocycles. The predicted molar refractivity (Wildman–Crippen MR) is 78.2 cm³/mol. The van der Waals surface area contributed by atoms with Gasteiger partial charge >= 0.3 is 0 Å². The minimum Gasteiger partial charge on any atom is -0.291 e. The first-order chi connectivity index (χ1) is 9.06. The first-order valence-electron chi connectivity index (χ1n) is 5.48. The van der Waals surface area contributed by atoms with Gasteiger partial charge in [-0.1, -0.05) is 29.3 Å². The van der Waals surface area contributed by atoms with Gasteiger partial charge in [0.25, 0.3) is 0 Å². The Hall–Kier alpha value is -1.34. The molecule has 0 spiro atoms. The number of nitriles is 1. The van der Waals surface area contributed by atoms with Crippen molar-refractivity contribution in [1.82, 2.24) is 0 Å². The van der Waals surface area contributed by atoms with E-state index in [1.54, 1.807) is 18.2 Å². The summed E-state index contributed by atoms with van der Waals surface area (Å²) in [6, 6.07) is 8.79.